The Bertz CT molecular complexity index is 747. The highest BCUT2D eigenvalue weighted by Crippen LogP contribution is 2.24. The molecule has 2 N–H and O–H groups in total. The number of carbonyl (C=O) groups excluding carboxylic acids is 2. The molecule has 0 aromatic heterocycles. The predicted octanol–water partition coefficient (Wildman–Crippen LogP) is 4.30. The molecule has 0 bridgehead atoms. The van der Waals surface area contributed by atoms with Crippen LogP contribution in [-0.4, -0.2) is 11.8 Å². The van der Waals surface area contributed by atoms with Crippen molar-refractivity contribution in [1.82, 2.24) is 0 Å². The molecule has 0 aliphatic carbocycles. The fourth-order valence-electron chi connectivity index (χ4n) is 1.81. The Morgan fingerprint density at radius 3 is 2.23 bits per heavy atom. The van der Waals surface area contributed by atoms with E-state index in [1.54, 1.807) is 24.3 Å². The number of hydrogen-bond donors (Lipinski definition) is 2. The summed E-state index contributed by atoms with van der Waals surface area (Å²) in [6.07, 6.45) is 0. The smallest absolute Gasteiger partial charge is 0.314 e. The summed E-state index contributed by atoms with van der Waals surface area (Å²) in [5.74, 6) is -1.50. The van der Waals surface area contributed by atoms with Crippen LogP contribution in [-0.2, 0) is 9.59 Å². The van der Waals surface area contributed by atoms with Crippen molar-refractivity contribution in [3.63, 3.8) is 0 Å². The maximum atomic E-state index is 12.0. The van der Waals surface area contributed by atoms with Crippen molar-refractivity contribution in [2.24, 2.45) is 0 Å². The molecule has 2 aromatic rings. The van der Waals surface area contributed by atoms with E-state index >= 15 is 0 Å². The van der Waals surface area contributed by atoms with Gasteiger partial charge in [-0.1, -0.05) is 23.7 Å². The summed E-state index contributed by atoms with van der Waals surface area (Å²) in [7, 11) is 0. The number of rotatable bonds is 2. The van der Waals surface area contributed by atoms with Crippen LogP contribution in [0.25, 0.3) is 0 Å². The van der Waals surface area contributed by atoms with Crippen molar-refractivity contribution in [2.45, 2.75) is 13.8 Å². The van der Waals surface area contributed by atoms with E-state index in [9.17, 15) is 9.59 Å². The fraction of sp³-hybridized carbons (Fsp3) is 0.125. The first-order valence-electron chi connectivity index (χ1n) is 6.51. The zero-order valence-corrected chi connectivity index (χ0v) is 14.4. The number of hydrogen-bond acceptors (Lipinski definition) is 2. The van der Waals surface area contributed by atoms with Gasteiger partial charge in [0, 0.05) is 15.2 Å². The van der Waals surface area contributed by atoms with E-state index in [-0.39, 0.29) is 0 Å². The van der Waals surface area contributed by atoms with Crippen molar-refractivity contribution < 1.29 is 9.59 Å². The number of nitrogens with one attached hydrogen (secondary N) is 2. The topological polar surface area (TPSA) is 58.2 Å². The lowest BCUT2D eigenvalue weighted by Crippen LogP contribution is -2.29. The summed E-state index contributed by atoms with van der Waals surface area (Å²) in [6.45, 7) is 3.76. The molecule has 0 aliphatic rings. The van der Waals surface area contributed by atoms with Gasteiger partial charge >= 0.3 is 11.8 Å². The highest BCUT2D eigenvalue weighted by molar-refractivity contribution is 9.10. The molecule has 0 saturated heterocycles. The van der Waals surface area contributed by atoms with Crippen LogP contribution in [0.3, 0.4) is 0 Å². The molecule has 0 heterocycles. The quantitative estimate of drug-likeness (QED) is 0.762. The summed E-state index contributed by atoms with van der Waals surface area (Å²) in [6, 6.07) is 10.5. The predicted molar refractivity (Wildman–Crippen MR) is 92.3 cm³/mol. The van der Waals surface area contributed by atoms with Gasteiger partial charge in [0.05, 0.1) is 5.69 Å². The molecule has 0 fully saturated rings. The van der Waals surface area contributed by atoms with Crippen molar-refractivity contribution >= 4 is 50.7 Å². The van der Waals surface area contributed by atoms with Gasteiger partial charge in [-0.15, -0.1) is 0 Å². The highest BCUT2D eigenvalue weighted by Gasteiger charge is 2.16. The zero-order chi connectivity index (χ0) is 16.3. The molecule has 0 spiro atoms. The third-order valence-corrected chi connectivity index (χ3v) is 3.92. The second-order valence-electron chi connectivity index (χ2n) is 4.85. The standard InChI is InChI=1S/C16H14BrClN2O2/c1-9-3-6-13(12(17)7-9)19-15(21)16(22)20-14-8-11(18)5-4-10(14)2/h3-8H,1-2H3,(H,19,21)(H,20,22). The Kier molecular flexibility index (Phi) is 5.21. The first kappa shape index (κ1) is 16.5. The average Bonchev–Trinajstić information content (AvgIpc) is 2.45. The third-order valence-electron chi connectivity index (χ3n) is 3.03. The van der Waals surface area contributed by atoms with Crippen LogP contribution in [0.15, 0.2) is 40.9 Å². The third kappa shape index (κ3) is 4.08. The van der Waals surface area contributed by atoms with Gasteiger partial charge in [0.15, 0.2) is 0 Å². The van der Waals surface area contributed by atoms with E-state index < -0.39 is 11.8 Å². The van der Waals surface area contributed by atoms with Crippen LogP contribution in [0.4, 0.5) is 11.4 Å². The Morgan fingerprint density at radius 1 is 0.955 bits per heavy atom. The van der Waals surface area contributed by atoms with Crippen LogP contribution in [0.2, 0.25) is 5.02 Å². The molecule has 2 rings (SSSR count). The lowest BCUT2D eigenvalue weighted by Gasteiger charge is -2.10. The first-order valence-corrected chi connectivity index (χ1v) is 7.68. The number of carbonyl (C=O) groups is 2. The lowest BCUT2D eigenvalue weighted by atomic mass is 10.2. The van der Waals surface area contributed by atoms with Gasteiger partial charge in [0.1, 0.15) is 0 Å². The maximum Gasteiger partial charge on any atom is 0.314 e. The van der Waals surface area contributed by atoms with Crippen LogP contribution < -0.4 is 10.6 Å². The Labute approximate surface area is 142 Å². The van der Waals surface area contributed by atoms with Crippen molar-refractivity contribution in [1.29, 1.82) is 0 Å². The van der Waals surface area contributed by atoms with Crippen LogP contribution >= 0.6 is 27.5 Å². The number of anilines is 2. The van der Waals surface area contributed by atoms with Crippen molar-refractivity contribution in [3.8, 4) is 0 Å². The molecule has 22 heavy (non-hydrogen) atoms. The number of aryl methyl sites for hydroxylation is 2. The van der Waals surface area contributed by atoms with Crippen molar-refractivity contribution in [2.75, 3.05) is 10.6 Å². The summed E-state index contributed by atoms with van der Waals surface area (Å²) in [4.78, 5) is 24.0. The second-order valence-corrected chi connectivity index (χ2v) is 6.14. The lowest BCUT2D eigenvalue weighted by molar-refractivity contribution is -0.133. The molecule has 114 valence electrons. The minimum absolute atomic E-state index is 0.489. The van der Waals surface area contributed by atoms with Gasteiger partial charge in [-0.25, -0.2) is 0 Å². The Morgan fingerprint density at radius 2 is 1.59 bits per heavy atom. The Balaban J connectivity index is 2.09. The summed E-state index contributed by atoms with van der Waals surface area (Å²) in [5, 5.41) is 5.60. The van der Waals surface area contributed by atoms with Gasteiger partial charge in [-0.3, -0.25) is 9.59 Å². The molecular weight excluding hydrogens is 368 g/mol. The molecule has 0 aliphatic heterocycles. The first-order chi connectivity index (χ1) is 10.4. The van der Waals surface area contributed by atoms with Gasteiger partial charge in [0.2, 0.25) is 0 Å². The fourth-order valence-corrected chi connectivity index (χ4v) is 2.57. The summed E-state index contributed by atoms with van der Waals surface area (Å²) >= 11 is 9.24. The molecule has 2 amide bonds. The van der Waals surface area contributed by atoms with E-state index in [0.29, 0.717) is 20.9 Å². The number of amides is 2. The Hall–Kier alpha value is -1.85. The normalized spacial score (nSPS) is 10.2. The monoisotopic (exact) mass is 380 g/mol. The van der Waals surface area contributed by atoms with E-state index in [0.717, 1.165) is 11.1 Å². The SMILES string of the molecule is Cc1ccc(NC(=O)C(=O)Nc2cc(Cl)ccc2C)c(Br)c1. The number of benzene rings is 2. The van der Waals surface area contributed by atoms with E-state index in [2.05, 4.69) is 26.6 Å². The van der Waals surface area contributed by atoms with Gasteiger partial charge in [0.25, 0.3) is 0 Å². The van der Waals surface area contributed by atoms with Crippen LogP contribution in [0, 0.1) is 13.8 Å². The largest absolute Gasteiger partial charge is 0.317 e. The maximum absolute atomic E-state index is 12.0. The van der Waals surface area contributed by atoms with E-state index in [1.165, 1.54) is 0 Å². The summed E-state index contributed by atoms with van der Waals surface area (Å²) < 4.78 is 0.715. The second kappa shape index (κ2) is 6.94. The minimum Gasteiger partial charge on any atom is -0.317 e. The van der Waals surface area contributed by atoms with Crippen LogP contribution in [0.5, 0.6) is 0 Å². The molecule has 0 unspecified atom stereocenters. The van der Waals surface area contributed by atoms with Crippen molar-refractivity contribution in [3.05, 3.63) is 57.0 Å². The van der Waals surface area contributed by atoms with Gasteiger partial charge in [-0.05, 0) is 65.2 Å². The average molecular weight is 382 g/mol. The van der Waals surface area contributed by atoms with E-state index in [4.69, 9.17) is 11.6 Å². The molecule has 4 nitrogen and oxygen atoms in total. The molecular formula is C16H14BrClN2O2. The molecule has 0 saturated carbocycles. The summed E-state index contributed by atoms with van der Waals surface area (Å²) in [5.41, 5.74) is 2.91. The van der Waals surface area contributed by atoms with Gasteiger partial charge in [-0.2, -0.15) is 0 Å². The highest BCUT2D eigenvalue weighted by atomic mass is 79.9. The molecule has 6 heteroatoms. The molecule has 0 atom stereocenters. The number of halogens is 2. The van der Waals surface area contributed by atoms with E-state index in [1.807, 2.05) is 26.0 Å². The van der Waals surface area contributed by atoms with Gasteiger partial charge < -0.3 is 10.6 Å². The van der Waals surface area contributed by atoms with Crippen LogP contribution in [0.1, 0.15) is 11.1 Å². The zero-order valence-electron chi connectivity index (χ0n) is 12.0. The molecule has 0 radical (unpaired) electrons. The molecule has 2 aromatic carbocycles. The minimum atomic E-state index is -0.752.